The Hall–Kier alpha value is -1.46. The van der Waals surface area contributed by atoms with E-state index in [-0.39, 0.29) is 18.8 Å². The number of nitrogens with two attached hydrogens (primary N) is 2. The molecule has 6 nitrogen and oxygen atoms in total. The highest BCUT2D eigenvalue weighted by Crippen LogP contribution is 2.26. The van der Waals surface area contributed by atoms with Crippen LogP contribution in [-0.4, -0.2) is 40.6 Å². The van der Waals surface area contributed by atoms with E-state index in [1.54, 1.807) is 9.80 Å². The van der Waals surface area contributed by atoms with Crippen molar-refractivity contribution in [3.05, 3.63) is 0 Å². The molecule has 0 aromatic carbocycles. The highest BCUT2D eigenvalue weighted by molar-refractivity contribution is 5.75. The van der Waals surface area contributed by atoms with Gasteiger partial charge < -0.3 is 21.3 Å². The van der Waals surface area contributed by atoms with E-state index < -0.39 is 12.1 Å². The van der Waals surface area contributed by atoms with Gasteiger partial charge in [0.2, 0.25) is 0 Å². The van der Waals surface area contributed by atoms with E-state index in [0.717, 1.165) is 51.4 Å². The Balaban J connectivity index is 2.04. The van der Waals surface area contributed by atoms with E-state index in [9.17, 15) is 9.59 Å². The molecular formula is C15H28N4O2. The molecule has 2 aliphatic rings. The van der Waals surface area contributed by atoms with Crippen molar-refractivity contribution in [2.45, 2.75) is 76.3 Å². The van der Waals surface area contributed by atoms with Crippen LogP contribution >= 0.6 is 0 Å². The van der Waals surface area contributed by atoms with Crippen LogP contribution in [0.1, 0.15) is 64.2 Å². The van der Waals surface area contributed by atoms with Crippen LogP contribution in [0.15, 0.2) is 0 Å². The van der Waals surface area contributed by atoms with Gasteiger partial charge in [-0.3, -0.25) is 0 Å². The third-order valence-corrected chi connectivity index (χ3v) is 4.90. The monoisotopic (exact) mass is 296 g/mol. The maximum Gasteiger partial charge on any atom is 0.316 e. The van der Waals surface area contributed by atoms with Gasteiger partial charge in [0.15, 0.2) is 0 Å². The molecule has 0 spiro atoms. The number of nitrogens with zero attached hydrogens (tertiary/aromatic N) is 2. The Labute approximate surface area is 126 Å². The lowest BCUT2D eigenvalue weighted by Crippen LogP contribution is -2.55. The second kappa shape index (κ2) is 7.52. The Bertz CT molecular complexity index is 329. The van der Waals surface area contributed by atoms with E-state index in [2.05, 4.69) is 0 Å². The number of urea groups is 2. The number of carbonyl (C=O) groups excluding carboxylic acids is 2. The van der Waals surface area contributed by atoms with Crippen molar-refractivity contribution in [2.24, 2.45) is 11.5 Å². The van der Waals surface area contributed by atoms with E-state index in [0.29, 0.717) is 0 Å². The molecule has 2 fully saturated rings. The first kappa shape index (κ1) is 15.9. The molecule has 4 N–H and O–H groups in total. The van der Waals surface area contributed by atoms with Crippen LogP contribution in [0.5, 0.6) is 0 Å². The summed E-state index contributed by atoms with van der Waals surface area (Å²) in [4.78, 5) is 26.9. The summed E-state index contributed by atoms with van der Waals surface area (Å²) < 4.78 is 0. The van der Waals surface area contributed by atoms with Crippen LogP contribution in [0.3, 0.4) is 0 Å². The molecule has 0 aliphatic heterocycles. The van der Waals surface area contributed by atoms with Crippen molar-refractivity contribution in [3.8, 4) is 0 Å². The van der Waals surface area contributed by atoms with Gasteiger partial charge in [-0.1, -0.05) is 38.5 Å². The normalized spacial score (nSPS) is 21.0. The van der Waals surface area contributed by atoms with Gasteiger partial charge in [0, 0.05) is 12.1 Å². The van der Waals surface area contributed by atoms with E-state index in [4.69, 9.17) is 11.5 Å². The summed E-state index contributed by atoms with van der Waals surface area (Å²) in [6, 6.07) is -0.573. The molecule has 21 heavy (non-hydrogen) atoms. The van der Waals surface area contributed by atoms with Gasteiger partial charge in [-0.25, -0.2) is 9.59 Å². The molecule has 0 bridgehead atoms. The topological polar surface area (TPSA) is 92.7 Å². The van der Waals surface area contributed by atoms with Gasteiger partial charge in [-0.05, 0) is 25.7 Å². The predicted octanol–water partition coefficient (Wildman–Crippen LogP) is 2.37. The minimum absolute atomic E-state index is 0.154. The van der Waals surface area contributed by atoms with Gasteiger partial charge >= 0.3 is 12.1 Å². The molecule has 0 atom stereocenters. The fourth-order valence-electron chi connectivity index (χ4n) is 3.68. The van der Waals surface area contributed by atoms with Crippen LogP contribution in [0, 0.1) is 0 Å². The molecule has 0 aromatic rings. The Kier molecular flexibility index (Phi) is 5.70. The number of carbonyl (C=O) groups is 2. The van der Waals surface area contributed by atoms with E-state index in [1.807, 2.05) is 0 Å². The van der Waals surface area contributed by atoms with Crippen molar-refractivity contribution in [1.29, 1.82) is 0 Å². The second-order valence-electron chi connectivity index (χ2n) is 6.34. The zero-order chi connectivity index (χ0) is 15.2. The Morgan fingerprint density at radius 3 is 1.33 bits per heavy atom. The van der Waals surface area contributed by atoms with E-state index in [1.165, 1.54) is 12.8 Å². The Morgan fingerprint density at radius 1 is 0.714 bits per heavy atom. The smallest absolute Gasteiger partial charge is 0.316 e. The van der Waals surface area contributed by atoms with Crippen LogP contribution in [0.4, 0.5) is 9.59 Å². The number of hydrogen-bond donors (Lipinski definition) is 2. The molecule has 0 saturated heterocycles. The zero-order valence-electron chi connectivity index (χ0n) is 12.8. The van der Waals surface area contributed by atoms with Gasteiger partial charge in [0.25, 0.3) is 0 Å². The van der Waals surface area contributed by atoms with Crippen molar-refractivity contribution in [1.82, 2.24) is 9.80 Å². The summed E-state index contributed by atoms with van der Waals surface area (Å²) in [5.41, 5.74) is 11.1. The number of amides is 4. The molecule has 0 unspecified atom stereocenters. The molecule has 0 heterocycles. The maximum absolute atomic E-state index is 11.8. The average Bonchev–Trinajstić information content (AvgIpc) is 2.49. The van der Waals surface area contributed by atoms with Gasteiger partial charge in [0.05, 0.1) is 6.67 Å². The fraction of sp³-hybridized carbons (Fsp3) is 0.867. The molecule has 0 radical (unpaired) electrons. The van der Waals surface area contributed by atoms with Crippen molar-refractivity contribution >= 4 is 12.1 Å². The van der Waals surface area contributed by atoms with Crippen molar-refractivity contribution < 1.29 is 9.59 Å². The van der Waals surface area contributed by atoms with Crippen LogP contribution in [0.25, 0.3) is 0 Å². The highest BCUT2D eigenvalue weighted by Gasteiger charge is 2.30. The van der Waals surface area contributed by atoms with Gasteiger partial charge in [-0.2, -0.15) is 0 Å². The first-order valence-electron chi connectivity index (χ1n) is 8.21. The standard InChI is InChI=1S/C15H28N4O2/c16-14(20)18(12-7-3-1-4-8-12)11-19(15(17)21)13-9-5-2-6-10-13/h12-13H,1-11H2,(H2,16,20)(H2,17,21). The number of hydrogen-bond acceptors (Lipinski definition) is 2. The van der Waals surface area contributed by atoms with Crippen molar-refractivity contribution in [2.75, 3.05) is 6.67 Å². The number of primary amides is 2. The number of rotatable bonds is 4. The average molecular weight is 296 g/mol. The molecule has 2 rings (SSSR count). The Morgan fingerprint density at radius 2 is 1.05 bits per heavy atom. The molecule has 6 heteroatoms. The van der Waals surface area contributed by atoms with Crippen LogP contribution < -0.4 is 11.5 Å². The third kappa shape index (κ3) is 4.25. The van der Waals surface area contributed by atoms with Crippen LogP contribution in [0.2, 0.25) is 0 Å². The minimum Gasteiger partial charge on any atom is -0.351 e. The quantitative estimate of drug-likeness (QED) is 0.779. The SMILES string of the molecule is NC(=O)N(CN(C(N)=O)C1CCCCC1)C1CCCCC1. The zero-order valence-corrected chi connectivity index (χ0v) is 12.8. The summed E-state index contributed by atoms with van der Waals surface area (Å²) in [6.45, 7) is 0.250. The summed E-state index contributed by atoms with van der Waals surface area (Å²) >= 11 is 0. The largest absolute Gasteiger partial charge is 0.351 e. The molecular weight excluding hydrogens is 268 g/mol. The maximum atomic E-state index is 11.8. The summed E-state index contributed by atoms with van der Waals surface area (Å²) in [7, 11) is 0. The summed E-state index contributed by atoms with van der Waals surface area (Å²) in [5.74, 6) is 0. The van der Waals surface area contributed by atoms with E-state index >= 15 is 0 Å². The summed E-state index contributed by atoms with van der Waals surface area (Å²) in [6.07, 6.45) is 10.8. The third-order valence-electron chi connectivity index (χ3n) is 4.90. The molecule has 2 saturated carbocycles. The second-order valence-corrected chi connectivity index (χ2v) is 6.34. The first-order chi connectivity index (χ1) is 10.1. The van der Waals surface area contributed by atoms with Crippen molar-refractivity contribution in [3.63, 3.8) is 0 Å². The first-order valence-corrected chi connectivity index (χ1v) is 8.21. The highest BCUT2D eigenvalue weighted by atomic mass is 16.2. The van der Waals surface area contributed by atoms with Gasteiger partial charge in [0.1, 0.15) is 0 Å². The molecule has 4 amide bonds. The molecule has 120 valence electrons. The molecule has 2 aliphatic carbocycles. The predicted molar refractivity (Wildman–Crippen MR) is 81.5 cm³/mol. The molecule has 0 aromatic heterocycles. The summed E-state index contributed by atoms with van der Waals surface area (Å²) in [5, 5.41) is 0. The lowest BCUT2D eigenvalue weighted by molar-refractivity contribution is 0.0851. The fourth-order valence-corrected chi connectivity index (χ4v) is 3.68. The van der Waals surface area contributed by atoms with Crippen LogP contribution in [-0.2, 0) is 0 Å². The lowest BCUT2D eigenvalue weighted by atomic mass is 9.93. The van der Waals surface area contributed by atoms with Gasteiger partial charge in [-0.15, -0.1) is 0 Å². The minimum atomic E-state index is -0.441. The lowest BCUT2D eigenvalue weighted by Gasteiger charge is -2.40.